The summed E-state index contributed by atoms with van der Waals surface area (Å²) < 4.78 is 6.38. The van der Waals surface area contributed by atoms with Gasteiger partial charge in [-0.3, -0.25) is 0 Å². The van der Waals surface area contributed by atoms with Gasteiger partial charge in [-0.1, -0.05) is 61.3 Å². The lowest BCUT2D eigenvalue weighted by Gasteiger charge is -2.43. The first-order chi connectivity index (χ1) is 9.29. The number of rotatable bonds is 7. The highest BCUT2D eigenvalue weighted by atomic mass is 16.4. The molecule has 0 aromatic heterocycles. The molecule has 116 valence electrons. The van der Waals surface area contributed by atoms with Gasteiger partial charge in [-0.05, 0) is 43.0 Å². The second-order valence-electron chi connectivity index (χ2n) is 7.52. The van der Waals surface area contributed by atoms with E-state index in [0.717, 1.165) is 0 Å². The summed E-state index contributed by atoms with van der Waals surface area (Å²) >= 11 is 0. The summed E-state index contributed by atoms with van der Waals surface area (Å²) in [5.74, 6) is 3.05. The van der Waals surface area contributed by atoms with Gasteiger partial charge in [-0.25, -0.2) is 0 Å². The number of allylic oxidation sites excluding steroid dienone is 2. The normalized spacial score (nSPS) is 18.6. The molecule has 2 heteroatoms. The quantitative estimate of drug-likeness (QED) is 0.391. The fourth-order valence-corrected chi connectivity index (χ4v) is 4.49. The maximum absolute atomic E-state index is 6.38. The van der Waals surface area contributed by atoms with E-state index < -0.39 is 0 Å². The Balaban J connectivity index is 3.18. The average molecular weight is 278 g/mol. The van der Waals surface area contributed by atoms with Crippen LogP contribution in [0.4, 0.5) is 0 Å². The zero-order chi connectivity index (χ0) is 15.5. The van der Waals surface area contributed by atoms with Crippen molar-refractivity contribution in [3.63, 3.8) is 0 Å². The van der Waals surface area contributed by atoms with Gasteiger partial charge in [0.1, 0.15) is 0 Å². The average Bonchev–Trinajstić information content (AvgIpc) is 2.64. The van der Waals surface area contributed by atoms with Crippen molar-refractivity contribution < 1.29 is 4.65 Å². The molecule has 0 radical (unpaired) electrons. The van der Waals surface area contributed by atoms with Crippen molar-refractivity contribution in [3.8, 4) is 0 Å². The molecule has 1 nitrogen and oxygen atoms in total. The third-order valence-electron chi connectivity index (χ3n) is 5.27. The summed E-state index contributed by atoms with van der Waals surface area (Å²) in [5.41, 5.74) is 1.62. The molecule has 0 aromatic carbocycles. The van der Waals surface area contributed by atoms with E-state index in [1.165, 1.54) is 31.4 Å². The molecule has 0 aliphatic carbocycles. The lowest BCUT2D eigenvalue weighted by atomic mass is 9.32. The van der Waals surface area contributed by atoms with Crippen molar-refractivity contribution in [1.82, 2.24) is 0 Å². The van der Waals surface area contributed by atoms with E-state index >= 15 is 0 Å². The molecule has 1 rings (SSSR count). The Morgan fingerprint density at radius 3 is 1.95 bits per heavy atom. The van der Waals surface area contributed by atoms with Crippen LogP contribution in [0.2, 0.25) is 11.1 Å². The Morgan fingerprint density at radius 1 is 1.00 bits per heavy atom. The molecule has 0 N–H and O–H groups in total. The maximum atomic E-state index is 6.38. The van der Waals surface area contributed by atoms with Crippen LogP contribution in [0.5, 0.6) is 0 Å². The molecular weight excluding hydrogens is 243 g/mol. The second-order valence-corrected chi connectivity index (χ2v) is 7.52. The van der Waals surface area contributed by atoms with Gasteiger partial charge in [0.25, 0.3) is 0 Å². The summed E-state index contributed by atoms with van der Waals surface area (Å²) in [6.45, 7) is 19.0. The van der Waals surface area contributed by atoms with E-state index in [9.17, 15) is 0 Å². The van der Waals surface area contributed by atoms with Crippen molar-refractivity contribution in [3.05, 3.63) is 11.3 Å². The maximum Gasteiger partial charge on any atom is 0.370 e. The van der Waals surface area contributed by atoms with Crippen molar-refractivity contribution in [2.45, 2.75) is 92.2 Å². The van der Waals surface area contributed by atoms with Crippen LogP contribution in [0.25, 0.3) is 0 Å². The third kappa shape index (κ3) is 2.94. The van der Waals surface area contributed by atoms with E-state index in [1.807, 2.05) is 0 Å². The lowest BCUT2D eigenvalue weighted by molar-refractivity contribution is 0.322. The first kappa shape index (κ1) is 17.7. The molecule has 0 saturated heterocycles. The van der Waals surface area contributed by atoms with Crippen molar-refractivity contribution >= 4 is 6.92 Å². The van der Waals surface area contributed by atoms with Crippen LogP contribution in [-0.2, 0) is 4.65 Å². The lowest BCUT2D eigenvalue weighted by Crippen LogP contribution is -2.42. The molecule has 20 heavy (non-hydrogen) atoms. The predicted octanol–water partition coefficient (Wildman–Crippen LogP) is 6.32. The minimum Gasteiger partial charge on any atom is -0.562 e. The van der Waals surface area contributed by atoms with Crippen LogP contribution >= 0.6 is 0 Å². The van der Waals surface area contributed by atoms with Crippen LogP contribution in [0.15, 0.2) is 11.3 Å². The Kier molecular flexibility index (Phi) is 6.22. The third-order valence-corrected chi connectivity index (χ3v) is 5.27. The van der Waals surface area contributed by atoms with Gasteiger partial charge in [0.15, 0.2) is 0 Å². The highest BCUT2D eigenvalue weighted by Crippen LogP contribution is 2.61. The molecule has 1 aliphatic heterocycles. The summed E-state index contributed by atoms with van der Waals surface area (Å²) in [4.78, 5) is 0. The van der Waals surface area contributed by atoms with Gasteiger partial charge in [0, 0.05) is 5.31 Å². The Labute approximate surface area is 127 Å². The van der Waals surface area contributed by atoms with Crippen molar-refractivity contribution in [1.29, 1.82) is 0 Å². The largest absolute Gasteiger partial charge is 0.562 e. The number of hydrogen-bond donors (Lipinski definition) is 0. The van der Waals surface area contributed by atoms with E-state index in [0.29, 0.717) is 24.6 Å². The standard InChI is InChI=1S/C18H35BO/c1-9-10-11-12-17-16(8)20-19(15(6)7)18(17,13(2)3)14(4)5/h13-15H,9-12H2,1-8H3. The van der Waals surface area contributed by atoms with Crippen molar-refractivity contribution in [2.24, 2.45) is 11.8 Å². The summed E-state index contributed by atoms with van der Waals surface area (Å²) in [5, 5.41) is 0.228. The van der Waals surface area contributed by atoms with E-state index in [2.05, 4.69) is 55.4 Å². The first-order valence-corrected chi connectivity index (χ1v) is 8.66. The van der Waals surface area contributed by atoms with Gasteiger partial charge in [-0.2, -0.15) is 0 Å². The van der Waals surface area contributed by atoms with E-state index in [-0.39, 0.29) is 5.31 Å². The molecule has 0 amide bonds. The van der Waals surface area contributed by atoms with Crippen LogP contribution in [-0.4, -0.2) is 6.92 Å². The van der Waals surface area contributed by atoms with E-state index in [1.54, 1.807) is 5.57 Å². The zero-order valence-electron chi connectivity index (χ0n) is 15.0. The Hall–Kier alpha value is -0.395. The molecule has 0 fully saturated rings. The molecular formula is C18H35BO. The molecule has 0 aromatic rings. The SMILES string of the molecule is CCCCCC1=C(C)OB(C(C)C)C1(C(C)C)C(C)C. The zero-order valence-corrected chi connectivity index (χ0v) is 15.0. The molecule has 1 heterocycles. The summed E-state index contributed by atoms with van der Waals surface area (Å²) in [6, 6.07) is 0. The predicted molar refractivity (Wildman–Crippen MR) is 91.1 cm³/mol. The van der Waals surface area contributed by atoms with Crippen LogP contribution in [0.1, 0.15) is 81.1 Å². The fourth-order valence-electron chi connectivity index (χ4n) is 4.49. The number of unbranched alkanes of at least 4 members (excludes halogenated alkanes) is 2. The van der Waals surface area contributed by atoms with Gasteiger partial charge in [0.05, 0.1) is 5.76 Å². The second kappa shape index (κ2) is 7.05. The van der Waals surface area contributed by atoms with Gasteiger partial charge >= 0.3 is 6.92 Å². The van der Waals surface area contributed by atoms with Crippen LogP contribution in [0.3, 0.4) is 0 Å². The first-order valence-electron chi connectivity index (χ1n) is 8.66. The molecule has 0 unspecified atom stereocenters. The highest BCUT2D eigenvalue weighted by Gasteiger charge is 2.57. The molecule has 0 spiro atoms. The monoisotopic (exact) mass is 278 g/mol. The van der Waals surface area contributed by atoms with Gasteiger partial charge in [0.2, 0.25) is 0 Å². The van der Waals surface area contributed by atoms with Crippen LogP contribution in [0, 0.1) is 11.8 Å². The number of hydrogen-bond acceptors (Lipinski definition) is 1. The summed E-state index contributed by atoms with van der Waals surface area (Å²) in [7, 11) is 0. The fraction of sp³-hybridized carbons (Fsp3) is 0.889. The van der Waals surface area contributed by atoms with Crippen LogP contribution < -0.4 is 0 Å². The van der Waals surface area contributed by atoms with Gasteiger partial charge in [-0.15, -0.1) is 0 Å². The minimum absolute atomic E-state index is 0.228. The summed E-state index contributed by atoms with van der Waals surface area (Å²) in [6.07, 6.45) is 5.14. The van der Waals surface area contributed by atoms with E-state index in [4.69, 9.17) is 4.65 Å². The minimum atomic E-state index is 0.228. The molecule has 1 aliphatic rings. The van der Waals surface area contributed by atoms with Gasteiger partial charge < -0.3 is 4.65 Å². The Bertz CT molecular complexity index is 333. The highest BCUT2D eigenvalue weighted by molar-refractivity contribution is 6.59. The molecule has 0 atom stereocenters. The van der Waals surface area contributed by atoms with Crippen molar-refractivity contribution in [2.75, 3.05) is 0 Å². The molecule has 0 bridgehead atoms. The topological polar surface area (TPSA) is 9.23 Å². The Morgan fingerprint density at radius 2 is 1.55 bits per heavy atom. The molecule has 0 saturated carbocycles. The smallest absolute Gasteiger partial charge is 0.370 e.